The lowest BCUT2D eigenvalue weighted by atomic mass is 10.1. The van der Waals surface area contributed by atoms with Crippen LogP contribution in [0.3, 0.4) is 0 Å². The Hall–Kier alpha value is -1.64. The van der Waals surface area contributed by atoms with Crippen LogP contribution in [0.5, 0.6) is 0 Å². The molecule has 2 nitrogen and oxygen atoms in total. The summed E-state index contributed by atoms with van der Waals surface area (Å²) < 4.78 is 0. The van der Waals surface area contributed by atoms with Crippen LogP contribution in [0.1, 0.15) is 23.6 Å². The van der Waals surface area contributed by atoms with E-state index in [0.717, 1.165) is 26.2 Å². The van der Waals surface area contributed by atoms with Gasteiger partial charge in [-0.25, -0.2) is 0 Å². The molecule has 20 heavy (non-hydrogen) atoms. The smallest absolute Gasteiger partial charge is 0.0234 e. The summed E-state index contributed by atoms with van der Waals surface area (Å²) in [6, 6.07) is 19.5. The quantitative estimate of drug-likeness (QED) is 0.827. The van der Waals surface area contributed by atoms with E-state index in [-0.39, 0.29) is 0 Å². The molecule has 0 unspecified atom stereocenters. The molecule has 2 aromatic rings. The van der Waals surface area contributed by atoms with Crippen molar-refractivity contribution in [2.75, 3.05) is 13.6 Å². The van der Waals surface area contributed by atoms with Crippen LogP contribution < -0.4 is 5.32 Å². The van der Waals surface area contributed by atoms with Gasteiger partial charge in [-0.1, -0.05) is 61.5 Å². The summed E-state index contributed by atoms with van der Waals surface area (Å²) in [5, 5.41) is 3.37. The van der Waals surface area contributed by atoms with E-state index in [9.17, 15) is 0 Å². The second kappa shape index (κ2) is 7.83. The molecule has 2 heteroatoms. The van der Waals surface area contributed by atoms with Gasteiger partial charge in [0, 0.05) is 19.6 Å². The molecule has 0 radical (unpaired) electrons. The molecule has 106 valence electrons. The molecule has 0 bridgehead atoms. The van der Waals surface area contributed by atoms with Crippen molar-refractivity contribution in [3.8, 4) is 0 Å². The highest BCUT2D eigenvalue weighted by molar-refractivity contribution is 5.23. The lowest BCUT2D eigenvalue weighted by Crippen LogP contribution is -2.17. The molecule has 0 saturated heterocycles. The highest BCUT2D eigenvalue weighted by Gasteiger charge is 2.02. The van der Waals surface area contributed by atoms with Crippen molar-refractivity contribution in [3.05, 3.63) is 71.3 Å². The average molecular weight is 268 g/mol. The van der Waals surface area contributed by atoms with Crippen molar-refractivity contribution in [1.82, 2.24) is 10.2 Å². The molecule has 0 heterocycles. The van der Waals surface area contributed by atoms with Gasteiger partial charge in [0.05, 0.1) is 0 Å². The molecule has 0 aliphatic rings. The molecule has 2 rings (SSSR count). The molecule has 0 aliphatic carbocycles. The lowest BCUT2D eigenvalue weighted by Gasteiger charge is -2.17. The third-order valence-electron chi connectivity index (χ3n) is 3.32. The summed E-state index contributed by atoms with van der Waals surface area (Å²) in [6.45, 7) is 6.06. The lowest BCUT2D eigenvalue weighted by molar-refractivity contribution is 0.319. The van der Waals surface area contributed by atoms with E-state index in [1.807, 2.05) is 0 Å². The Balaban J connectivity index is 1.92. The maximum Gasteiger partial charge on any atom is 0.0234 e. The van der Waals surface area contributed by atoms with Gasteiger partial charge in [0.25, 0.3) is 0 Å². The molecule has 0 aliphatic heterocycles. The first-order chi connectivity index (χ1) is 9.78. The van der Waals surface area contributed by atoms with Gasteiger partial charge >= 0.3 is 0 Å². The fourth-order valence-electron chi connectivity index (χ4n) is 2.37. The molecular formula is C18H24N2. The van der Waals surface area contributed by atoms with Crippen LogP contribution in [0, 0.1) is 0 Å². The van der Waals surface area contributed by atoms with Gasteiger partial charge in [-0.2, -0.15) is 0 Å². The van der Waals surface area contributed by atoms with Crippen molar-refractivity contribution in [1.29, 1.82) is 0 Å². The normalized spacial score (nSPS) is 10.9. The monoisotopic (exact) mass is 268 g/mol. The summed E-state index contributed by atoms with van der Waals surface area (Å²) >= 11 is 0. The zero-order chi connectivity index (χ0) is 14.2. The Kier molecular flexibility index (Phi) is 5.78. The Morgan fingerprint density at radius 1 is 0.850 bits per heavy atom. The number of hydrogen-bond acceptors (Lipinski definition) is 2. The fourth-order valence-corrected chi connectivity index (χ4v) is 2.37. The summed E-state index contributed by atoms with van der Waals surface area (Å²) in [6.07, 6.45) is 0. The summed E-state index contributed by atoms with van der Waals surface area (Å²) in [4.78, 5) is 2.35. The fraction of sp³-hybridized carbons (Fsp3) is 0.333. The molecule has 0 aromatic heterocycles. The van der Waals surface area contributed by atoms with Crippen LogP contribution in [0.15, 0.2) is 54.6 Å². The molecular weight excluding hydrogens is 244 g/mol. The van der Waals surface area contributed by atoms with E-state index in [1.165, 1.54) is 16.7 Å². The minimum Gasteiger partial charge on any atom is -0.313 e. The van der Waals surface area contributed by atoms with Gasteiger partial charge in [0.15, 0.2) is 0 Å². The molecule has 0 spiro atoms. The molecule has 0 amide bonds. The van der Waals surface area contributed by atoms with Crippen LogP contribution in [-0.2, 0) is 19.6 Å². The Morgan fingerprint density at radius 3 is 2.25 bits per heavy atom. The zero-order valence-electron chi connectivity index (χ0n) is 12.5. The molecule has 2 aromatic carbocycles. The minimum absolute atomic E-state index is 0.951. The summed E-state index contributed by atoms with van der Waals surface area (Å²) in [5.74, 6) is 0. The van der Waals surface area contributed by atoms with Crippen LogP contribution in [0.4, 0.5) is 0 Å². The topological polar surface area (TPSA) is 15.3 Å². The highest BCUT2D eigenvalue weighted by atomic mass is 15.1. The van der Waals surface area contributed by atoms with Gasteiger partial charge < -0.3 is 5.32 Å². The van der Waals surface area contributed by atoms with E-state index < -0.39 is 0 Å². The number of nitrogens with zero attached hydrogens (tertiary/aromatic N) is 1. The van der Waals surface area contributed by atoms with Crippen LogP contribution >= 0.6 is 0 Å². The van der Waals surface area contributed by atoms with Crippen LogP contribution in [0.25, 0.3) is 0 Å². The largest absolute Gasteiger partial charge is 0.313 e. The molecule has 0 fully saturated rings. The van der Waals surface area contributed by atoms with Gasteiger partial charge in [-0.15, -0.1) is 0 Å². The van der Waals surface area contributed by atoms with E-state index in [0.29, 0.717) is 0 Å². The van der Waals surface area contributed by atoms with Crippen molar-refractivity contribution >= 4 is 0 Å². The van der Waals surface area contributed by atoms with Crippen molar-refractivity contribution in [2.24, 2.45) is 0 Å². The van der Waals surface area contributed by atoms with Gasteiger partial charge in [0.1, 0.15) is 0 Å². The van der Waals surface area contributed by atoms with E-state index in [1.54, 1.807) is 0 Å². The first-order valence-corrected chi connectivity index (χ1v) is 7.29. The van der Waals surface area contributed by atoms with Crippen molar-refractivity contribution in [3.63, 3.8) is 0 Å². The number of hydrogen-bond donors (Lipinski definition) is 1. The predicted octanol–water partition coefficient (Wildman–Crippen LogP) is 3.43. The SMILES string of the molecule is CCNCc1cccc(CN(C)Cc2ccccc2)c1. The summed E-state index contributed by atoms with van der Waals surface area (Å²) in [5.41, 5.74) is 4.09. The van der Waals surface area contributed by atoms with Crippen molar-refractivity contribution < 1.29 is 0 Å². The van der Waals surface area contributed by atoms with E-state index >= 15 is 0 Å². The van der Waals surface area contributed by atoms with Gasteiger partial charge in [0.2, 0.25) is 0 Å². The predicted molar refractivity (Wildman–Crippen MR) is 85.4 cm³/mol. The standard InChI is InChI=1S/C18H24N2/c1-3-19-13-17-10-7-11-18(12-17)15-20(2)14-16-8-5-4-6-9-16/h4-12,19H,3,13-15H2,1-2H3. The average Bonchev–Trinajstić information content (AvgIpc) is 2.46. The Morgan fingerprint density at radius 2 is 1.50 bits per heavy atom. The second-order valence-corrected chi connectivity index (χ2v) is 5.26. The third kappa shape index (κ3) is 4.80. The summed E-state index contributed by atoms with van der Waals surface area (Å²) in [7, 11) is 2.17. The first-order valence-electron chi connectivity index (χ1n) is 7.29. The van der Waals surface area contributed by atoms with E-state index in [4.69, 9.17) is 0 Å². The van der Waals surface area contributed by atoms with Crippen LogP contribution in [0.2, 0.25) is 0 Å². The Bertz CT molecular complexity index is 508. The zero-order valence-corrected chi connectivity index (χ0v) is 12.5. The maximum atomic E-state index is 3.37. The molecule has 1 N–H and O–H groups in total. The Labute approximate surface area is 122 Å². The van der Waals surface area contributed by atoms with Gasteiger partial charge in [-0.3, -0.25) is 4.90 Å². The molecule has 0 saturated carbocycles. The number of benzene rings is 2. The third-order valence-corrected chi connectivity index (χ3v) is 3.32. The van der Waals surface area contributed by atoms with Crippen molar-refractivity contribution in [2.45, 2.75) is 26.6 Å². The number of nitrogens with one attached hydrogen (secondary N) is 1. The minimum atomic E-state index is 0.951. The first kappa shape index (κ1) is 14.8. The molecule has 0 atom stereocenters. The highest BCUT2D eigenvalue weighted by Crippen LogP contribution is 2.10. The van der Waals surface area contributed by atoms with E-state index in [2.05, 4.69) is 78.8 Å². The number of rotatable bonds is 7. The van der Waals surface area contributed by atoms with Gasteiger partial charge in [-0.05, 0) is 30.3 Å². The van der Waals surface area contributed by atoms with Crippen LogP contribution in [-0.4, -0.2) is 18.5 Å². The second-order valence-electron chi connectivity index (χ2n) is 5.26. The maximum absolute atomic E-state index is 3.37.